The first-order chi connectivity index (χ1) is 9.20. The molecular formula is C16H22BrNS. The van der Waals surface area contributed by atoms with E-state index in [0.717, 1.165) is 36.1 Å². The van der Waals surface area contributed by atoms with Crippen LogP contribution in [0.2, 0.25) is 0 Å². The molecule has 4 rings (SSSR count). The number of nitrogens with one attached hydrogen (secondary N) is 1. The van der Waals surface area contributed by atoms with Gasteiger partial charge in [-0.1, -0.05) is 6.92 Å². The number of thiophene rings is 1. The second kappa shape index (κ2) is 4.57. The Morgan fingerprint density at radius 1 is 1.37 bits per heavy atom. The number of aryl methyl sites for hydroxylation is 1. The molecule has 0 amide bonds. The first-order valence-electron chi connectivity index (χ1n) is 7.70. The lowest BCUT2D eigenvalue weighted by atomic mass is 9.96. The molecule has 1 heterocycles. The smallest absolute Gasteiger partial charge is 0.0449 e. The monoisotopic (exact) mass is 339 g/mol. The predicted octanol–water partition coefficient (Wildman–Crippen LogP) is 4.76. The Morgan fingerprint density at radius 3 is 2.58 bits per heavy atom. The van der Waals surface area contributed by atoms with Gasteiger partial charge in [-0.25, -0.2) is 0 Å². The zero-order chi connectivity index (χ0) is 13.1. The molecule has 1 aromatic rings. The van der Waals surface area contributed by atoms with E-state index in [1.165, 1.54) is 22.2 Å². The zero-order valence-corrected chi connectivity index (χ0v) is 14.1. The summed E-state index contributed by atoms with van der Waals surface area (Å²) in [7, 11) is 0. The molecule has 1 aromatic heterocycles. The van der Waals surface area contributed by atoms with Crippen molar-refractivity contribution in [3.05, 3.63) is 20.3 Å². The first-order valence-corrected chi connectivity index (χ1v) is 9.31. The summed E-state index contributed by atoms with van der Waals surface area (Å²) >= 11 is 5.67. The Balaban J connectivity index is 1.60. The van der Waals surface area contributed by atoms with Gasteiger partial charge in [-0.15, -0.1) is 11.3 Å². The maximum Gasteiger partial charge on any atom is 0.0449 e. The van der Waals surface area contributed by atoms with Crippen molar-refractivity contribution in [3.63, 3.8) is 0 Å². The topological polar surface area (TPSA) is 12.0 Å². The van der Waals surface area contributed by atoms with Gasteiger partial charge in [0.2, 0.25) is 0 Å². The van der Waals surface area contributed by atoms with Crippen LogP contribution < -0.4 is 5.32 Å². The molecule has 104 valence electrons. The standard InChI is InChI=1S/C16H22BrNS/c1-3-18-16(12-7-11(17)8(2)19-12)15-13-9-4-5-10(6-9)14(13)15/h7,9-10,13-16,18H,3-6H2,1-2H3. The van der Waals surface area contributed by atoms with Crippen molar-refractivity contribution < 1.29 is 0 Å². The predicted molar refractivity (Wildman–Crippen MR) is 84.5 cm³/mol. The molecule has 3 aliphatic carbocycles. The molecule has 3 heteroatoms. The van der Waals surface area contributed by atoms with Crippen molar-refractivity contribution in [3.8, 4) is 0 Å². The third kappa shape index (κ3) is 1.88. The molecule has 0 radical (unpaired) electrons. The van der Waals surface area contributed by atoms with Gasteiger partial charge in [-0.2, -0.15) is 0 Å². The van der Waals surface area contributed by atoms with Gasteiger partial charge in [0.05, 0.1) is 0 Å². The van der Waals surface area contributed by atoms with Crippen LogP contribution in [0.25, 0.3) is 0 Å². The SMILES string of the molecule is CCNC(c1cc(Br)c(C)s1)C1C2C3CCC(C3)C21. The number of rotatable bonds is 4. The Bertz CT molecular complexity index is 461. The fraction of sp³-hybridized carbons (Fsp3) is 0.750. The van der Waals surface area contributed by atoms with Crippen LogP contribution in [-0.4, -0.2) is 6.54 Å². The summed E-state index contributed by atoms with van der Waals surface area (Å²) < 4.78 is 1.30. The second-order valence-corrected chi connectivity index (χ2v) is 8.80. The van der Waals surface area contributed by atoms with E-state index in [2.05, 4.69) is 41.2 Å². The summed E-state index contributed by atoms with van der Waals surface area (Å²) in [5.74, 6) is 5.21. The molecule has 0 spiro atoms. The number of halogens is 1. The van der Waals surface area contributed by atoms with Gasteiger partial charge >= 0.3 is 0 Å². The maximum absolute atomic E-state index is 3.79. The molecule has 3 aliphatic rings. The summed E-state index contributed by atoms with van der Waals surface area (Å²) in [6, 6.07) is 2.99. The third-order valence-electron chi connectivity index (χ3n) is 5.79. The van der Waals surface area contributed by atoms with Crippen molar-refractivity contribution in [1.82, 2.24) is 5.32 Å². The largest absolute Gasteiger partial charge is 0.309 e. The Morgan fingerprint density at radius 2 is 2.05 bits per heavy atom. The van der Waals surface area contributed by atoms with E-state index in [0.29, 0.717) is 6.04 Å². The highest BCUT2D eigenvalue weighted by Gasteiger charge is 2.66. The van der Waals surface area contributed by atoms with Crippen LogP contribution in [0.3, 0.4) is 0 Å². The minimum Gasteiger partial charge on any atom is -0.309 e. The van der Waals surface area contributed by atoms with Crippen LogP contribution in [0.4, 0.5) is 0 Å². The van der Waals surface area contributed by atoms with E-state index in [9.17, 15) is 0 Å². The first kappa shape index (κ1) is 12.8. The summed E-state index contributed by atoms with van der Waals surface area (Å²) in [5.41, 5.74) is 0. The van der Waals surface area contributed by atoms with Gasteiger partial charge in [0.25, 0.3) is 0 Å². The van der Waals surface area contributed by atoms with Crippen LogP contribution >= 0.6 is 27.3 Å². The summed E-state index contributed by atoms with van der Waals surface area (Å²) in [4.78, 5) is 2.98. The van der Waals surface area contributed by atoms with Crippen LogP contribution in [0, 0.1) is 36.5 Å². The highest BCUT2D eigenvalue weighted by molar-refractivity contribution is 9.10. The summed E-state index contributed by atoms with van der Waals surface area (Å²) in [6.07, 6.45) is 4.60. The van der Waals surface area contributed by atoms with E-state index >= 15 is 0 Å². The molecule has 5 atom stereocenters. The molecule has 2 bridgehead atoms. The van der Waals surface area contributed by atoms with Crippen molar-refractivity contribution in [2.75, 3.05) is 6.54 Å². The van der Waals surface area contributed by atoms with Crippen molar-refractivity contribution in [2.24, 2.45) is 29.6 Å². The Kier molecular flexibility index (Phi) is 3.09. The highest BCUT2D eigenvalue weighted by atomic mass is 79.9. The molecule has 19 heavy (non-hydrogen) atoms. The molecule has 3 saturated carbocycles. The van der Waals surface area contributed by atoms with E-state index < -0.39 is 0 Å². The number of fused-ring (bicyclic) bond motifs is 5. The highest BCUT2D eigenvalue weighted by Crippen LogP contribution is 2.72. The molecule has 5 unspecified atom stereocenters. The molecule has 0 saturated heterocycles. The molecule has 3 fully saturated rings. The lowest BCUT2D eigenvalue weighted by Crippen LogP contribution is -2.24. The number of hydrogen-bond acceptors (Lipinski definition) is 2. The van der Waals surface area contributed by atoms with Crippen LogP contribution in [0.1, 0.15) is 42.0 Å². The van der Waals surface area contributed by atoms with Gasteiger partial charge < -0.3 is 5.32 Å². The van der Waals surface area contributed by atoms with E-state index in [-0.39, 0.29) is 0 Å². The molecule has 0 aliphatic heterocycles. The Hall–Kier alpha value is 0.140. The maximum atomic E-state index is 3.79. The minimum atomic E-state index is 0.624. The fourth-order valence-corrected chi connectivity index (χ4v) is 6.81. The minimum absolute atomic E-state index is 0.624. The summed E-state index contributed by atoms with van der Waals surface area (Å²) in [6.45, 7) is 5.55. The second-order valence-electron chi connectivity index (χ2n) is 6.65. The van der Waals surface area contributed by atoms with Crippen LogP contribution in [-0.2, 0) is 0 Å². The average molecular weight is 340 g/mol. The Labute approximate surface area is 128 Å². The lowest BCUT2D eigenvalue weighted by molar-refractivity contribution is 0.378. The van der Waals surface area contributed by atoms with Crippen LogP contribution in [0.15, 0.2) is 10.5 Å². The van der Waals surface area contributed by atoms with Crippen molar-refractivity contribution in [1.29, 1.82) is 0 Å². The average Bonchev–Trinajstić information content (AvgIpc) is 2.72. The fourth-order valence-electron chi connectivity index (χ4n) is 5.12. The van der Waals surface area contributed by atoms with Gasteiger partial charge in [-0.3, -0.25) is 0 Å². The van der Waals surface area contributed by atoms with Gasteiger partial charge in [-0.05, 0) is 84.3 Å². The quantitative estimate of drug-likeness (QED) is 0.833. The lowest BCUT2D eigenvalue weighted by Gasteiger charge is -2.20. The van der Waals surface area contributed by atoms with E-state index in [1.54, 1.807) is 11.3 Å². The molecular weight excluding hydrogens is 318 g/mol. The molecule has 1 N–H and O–H groups in total. The summed E-state index contributed by atoms with van der Waals surface area (Å²) in [5, 5.41) is 3.79. The van der Waals surface area contributed by atoms with Gasteiger partial charge in [0.1, 0.15) is 0 Å². The number of hydrogen-bond donors (Lipinski definition) is 1. The van der Waals surface area contributed by atoms with Crippen molar-refractivity contribution in [2.45, 2.75) is 39.2 Å². The normalized spacial score (nSPS) is 40.5. The van der Waals surface area contributed by atoms with Gasteiger partial charge in [0, 0.05) is 20.3 Å². The molecule has 1 nitrogen and oxygen atoms in total. The third-order valence-corrected chi connectivity index (χ3v) is 8.01. The van der Waals surface area contributed by atoms with E-state index in [4.69, 9.17) is 0 Å². The molecule has 0 aromatic carbocycles. The van der Waals surface area contributed by atoms with Crippen molar-refractivity contribution >= 4 is 27.3 Å². The zero-order valence-electron chi connectivity index (χ0n) is 11.7. The van der Waals surface area contributed by atoms with Crippen LogP contribution in [0.5, 0.6) is 0 Å². The van der Waals surface area contributed by atoms with E-state index in [1.807, 2.05) is 11.3 Å². The van der Waals surface area contributed by atoms with Gasteiger partial charge in [0.15, 0.2) is 0 Å².